The SMILES string of the molecule is O=S1(=O)N=C(Nc2ccncc2)c2ccccc21. The molecule has 0 spiro atoms. The maximum absolute atomic E-state index is 11.8. The molecule has 0 aliphatic carbocycles. The molecule has 0 fully saturated rings. The lowest BCUT2D eigenvalue weighted by Crippen LogP contribution is -2.11. The summed E-state index contributed by atoms with van der Waals surface area (Å²) in [5.74, 6) is 0.344. The third-order valence-electron chi connectivity index (χ3n) is 2.57. The Balaban J connectivity index is 2.05. The molecule has 0 unspecified atom stereocenters. The third kappa shape index (κ3) is 1.76. The number of pyridine rings is 1. The van der Waals surface area contributed by atoms with Crippen molar-refractivity contribution in [3.8, 4) is 0 Å². The molecule has 5 nitrogen and oxygen atoms in total. The molecule has 18 heavy (non-hydrogen) atoms. The van der Waals surface area contributed by atoms with Crippen LogP contribution in [0.3, 0.4) is 0 Å². The smallest absolute Gasteiger partial charge is 0.285 e. The number of fused-ring (bicyclic) bond motifs is 1. The molecule has 0 amide bonds. The number of hydrogen-bond donors (Lipinski definition) is 1. The summed E-state index contributed by atoms with van der Waals surface area (Å²) in [5, 5.41) is 2.98. The molecular weight excluding hydrogens is 250 g/mol. The molecule has 6 heteroatoms. The van der Waals surface area contributed by atoms with E-state index in [4.69, 9.17) is 0 Å². The molecule has 2 aromatic rings. The van der Waals surface area contributed by atoms with Crippen LogP contribution in [-0.4, -0.2) is 19.2 Å². The van der Waals surface area contributed by atoms with Gasteiger partial charge >= 0.3 is 0 Å². The van der Waals surface area contributed by atoms with E-state index in [9.17, 15) is 8.42 Å². The maximum atomic E-state index is 11.8. The summed E-state index contributed by atoms with van der Waals surface area (Å²) in [6, 6.07) is 10.2. The van der Waals surface area contributed by atoms with E-state index < -0.39 is 10.0 Å². The standard InChI is InChI=1S/C12H9N3O2S/c16-18(17)11-4-2-1-3-10(11)12(15-18)14-9-5-7-13-8-6-9/h1-8H,(H,13,14,15). The van der Waals surface area contributed by atoms with Crippen LogP contribution in [0, 0.1) is 0 Å². The fourth-order valence-corrected chi connectivity index (χ4v) is 2.94. The van der Waals surface area contributed by atoms with Crippen molar-refractivity contribution < 1.29 is 8.42 Å². The molecule has 0 saturated heterocycles. The molecule has 0 bridgehead atoms. The minimum absolute atomic E-state index is 0.238. The lowest BCUT2D eigenvalue weighted by atomic mass is 10.2. The van der Waals surface area contributed by atoms with Gasteiger partial charge in [-0.2, -0.15) is 8.42 Å². The van der Waals surface area contributed by atoms with Crippen LogP contribution in [0.25, 0.3) is 0 Å². The first-order valence-electron chi connectivity index (χ1n) is 5.28. The van der Waals surface area contributed by atoms with Gasteiger partial charge in [-0.3, -0.25) is 4.98 Å². The molecule has 0 radical (unpaired) electrons. The first kappa shape index (κ1) is 10.9. The number of benzene rings is 1. The fraction of sp³-hybridized carbons (Fsp3) is 0. The van der Waals surface area contributed by atoms with Gasteiger partial charge in [0.15, 0.2) is 5.84 Å². The zero-order valence-corrected chi connectivity index (χ0v) is 10.1. The highest BCUT2D eigenvalue weighted by Crippen LogP contribution is 2.26. The molecule has 1 N–H and O–H groups in total. The summed E-state index contributed by atoms with van der Waals surface area (Å²) in [4.78, 5) is 4.13. The largest absolute Gasteiger partial charge is 0.339 e. The van der Waals surface area contributed by atoms with Crippen molar-refractivity contribution in [3.63, 3.8) is 0 Å². The van der Waals surface area contributed by atoms with Crippen LogP contribution in [-0.2, 0) is 10.0 Å². The maximum Gasteiger partial charge on any atom is 0.285 e. The predicted octanol–water partition coefficient (Wildman–Crippen LogP) is 1.64. The second kappa shape index (κ2) is 3.92. The number of nitrogens with zero attached hydrogens (tertiary/aromatic N) is 2. The van der Waals surface area contributed by atoms with Crippen molar-refractivity contribution in [2.45, 2.75) is 4.90 Å². The second-order valence-electron chi connectivity index (χ2n) is 3.77. The van der Waals surface area contributed by atoms with E-state index in [1.54, 1.807) is 48.8 Å². The van der Waals surface area contributed by atoms with Crippen molar-refractivity contribution in [1.29, 1.82) is 0 Å². The Morgan fingerprint density at radius 1 is 1.00 bits per heavy atom. The highest BCUT2D eigenvalue weighted by Gasteiger charge is 2.28. The normalized spacial score (nSPS) is 15.9. The zero-order valence-electron chi connectivity index (χ0n) is 9.24. The van der Waals surface area contributed by atoms with Crippen LogP contribution < -0.4 is 5.32 Å². The van der Waals surface area contributed by atoms with Gasteiger partial charge in [-0.05, 0) is 24.3 Å². The van der Waals surface area contributed by atoms with E-state index in [2.05, 4.69) is 14.7 Å². The van der Waals surface area contributed by atoms with Crippen molar-refractivity contribution in [3.05, 3.63) is 54.4 Å². The van der Waals surface area contributed by atoms with Crippen LogP contribution in [0.15, 0.2) is 58.1 Å². The fourth-order valence-electron chi connectivity index (χ4n) is 1.77. The van der Waals surface area contributed by atoms with Crippen molar-refractivity contribution in [2.24, 2.45) is 4.40 Å². The minimum Gasteiger partial charge on any atom is -0.339 e. The van der Waals surface area contributed by atoms with Crippen LogP contribution in [0.2, 0.25) is 0 Å². The zero-order chi connectivity index (χ0) is 12.6. The molecule has 1 aliphatic rings. The number of anilines is 1. The Morgan fingerprint density at radius 3 is 2.50 bits per heavy atom. The molecule has 0 atom stereocenters. The van der Waals surface area contributed by atoms with Gasteiger partial charge in [-0.1, -0.05) is 12.1 Å². The highest BCUT2D eigenvalue weighted by atomic mass is 32.2. The van der Waals surface area contributed by atoms with Crippen LogP contribution in [0.1, 0.15) is 5.56 Å². The second-order valence-corrected chi connectivity index (χ2v) is 5.34. The van der Waals surface area contributed by atoms with E-state index in [-0.39, 0.29) is 4.90 Å². The summed E-state index contributed by atoms with van der Waals surface area (Å²) in [6.45, 7) is 0. The summed E-state index contributed by atoms with van der Waals surface area (Å²) in [7, 11) is -3.57. The van der Waals surface area contributed by atoms with Gasteiger partial charge in [0.2, 0.25) is 0 Å². The van der Waals surface area contributed by atoms with E-state index in [0.717, 1.165) is 5.69 Å². The van der Waals surface area contributed by atoms with Gasteiger partial charge in [-0.25, -0.2) is 0 Å². The number of sulfonamides is 1. The predicted molar refractivity (Wildman–Crippen MR) is 68.0 cm³/mol. The number of nitrogens with one attached hydrogen (secondary N) is 1. The van der Waals surface area contributed by atoms with E-state index in [1.807, 2.05) is 0 Å². The first-order valence-corrected chi connectivity index (χ1v) is 6.72. The van der Waals surface area contributed by atoms with Gasteiger partial charge in [-0.15, -0.1) is 4.40 Å². The molecule has 3 rings (SSSR count). The molecule has 0 saturated carbocycles. The average molecular weight is 259 g/mol. The van der Waals surface area contributed by atoms with Crippen LogP contribution in [0.5, 0.6) is 0 Å². The lowest BCUT2D eigenvalue weighted by molar-refractivity contribution is 0.599. The Morgan fingerprint density at radius 2 is 1.72 bits per heavy atom. The molecule has 1 aromatic carbocycles. The monoisotopic (exact) mass is 259 g/mol. The Kier molecular flexibility index (Phi) is 2.38. The average Bonchev–Trinajstić information content (AvgIpc) is 2.63. The van der Waals surface area contributed by atoms with Gasteiger partial charge < -0.3 is 5.32 Å². The van der Waals surface area contributed by atoms with Gasteiger partial charge in [0.05, 0.1) is 0 Å². The topological polar surface area (TPSA) is 71.4 Å². The molecule has 1 aromatic heterocycles. The summed E-state index contributed by atoms with van der Waals surface area (Å²) < 4.78 is 27.4. The molecular formula is C12H9N3O2S. The molecule has 2 heterocycles. The Hall–Kier alpha value is -2.21. The number of rotatable bonds is 1. The first-order chi connectivity index (χ1) is 8.67. The van der Waals surface area contributed by atoms with Crippen molar-refractivity contribution in [1.82, 2.24) is 4.98 Å². The van der Waals surface area contributed by atoms with E-state index >= 15 is 0 Å². The van der Waals surface area contributed by atoms with E-state index in [1.165, 1.54) is 0 Å². The number of amidine groups is 1. The molecule has 1 aliphatic heterocycles. The number of hydrogen-bond acceptors (Lipinski definition) is 4. The Labute approximate surface area is 104 Å². The summed E-state index contributed by atoms with van der Waals surface area (Å²) in [6.07, 6.45) is 3.25. The van der Waals surface area contributed by atoms with Crippen molar-refractivity contribution >= 4 is 21.5 Å². The summed E-state index contributed by atoms with van der Waals surface area (Å²) >= 11 is 0. The van der Waals surface area contributed by atoms with Gasteiger partial charge in [0.25, 0.3) is 10.0 Å². The number of aromatic nitrogens is 1. The van der Waals surface area contributed by atoms with E-state index in [0.29, 0.717) is 11.4 Å². The highest BCUT2D eigenvalue weighted by molar-refractivity contribution is 7.90. The lowest BCUT2D eigenvalue weighted by Gasteiger charge is -2.05. The summed E-state index contributed by atoms with van der Waals surface area (Å²) in [5.41, 5.74) is 1.34. The van der Waals surface area contributed by atoms with Gasteiger partial charge in [0.1, 0.15) is 4.90 Å². The van der Waals surface area contributed by atoms with Crippen LogP contribution in [0.4, 0.5) is 5.69 Å². The quantitative estimate of drug-likeness (QED) is 0.845. The third-order valence-corrected chi connectivity index (χ3v) is 3.91. The van der Waals surface area contributed by atoms with Crippen molar-refractivity contribution in [2.75, 3.05) is 5.32 Å². The van der Waals surface area contributed by atoms with Crippen LogP contribution >= 0.6 is 0 Å². The minimum atomic E-state index is -3.57. The Bertz CT molecular complexity index is 724. The van der Waals surface area contributed by atoms with Gasteiger partial charge in [0, 0.05) is 23.6 Å². The molecule has 90 valence electrons.